The van der Waals surface area contributed by atoms with Crippen LogP contribution in [0.2, 0.25) is 0 Å². The van der Waals surface area contributed by atoms with E-state index in [4.69, 9.17) is 5.73 Å². The molecule has 1 amide bonds. The first-order chi connectivity index (χ1) is 17.9. The Kier molecular flexibility index (Phi) is 7.07. The van der Waals surface area contributed by atoms with E-state index in [1.54, 1.807) is 0 Å². The van der Waals surface area contributed by atoms with E-state index in [1.807, 2.05) is 0 Å². The van der Waals surface area contributed by atoms with Crippen molar-refractivity contribution in [2.24, 2.45) is 5.73 Å². The zero-order valence-corrected chi connectivity index (χ0v) is 21.1. The van der Waals surface area contributed by atoms with Crippen LogP contribution in [0.25, 0.3) is 0 Å². The summed E-state index contributed by atoms with van der Waals surface area (Å²) < 4.78 is 133. The quantitative estimate of drug-likeness (QED) is 0.383. The first-order valence-corrected chi connectivity index (χ1v) is 13.4. The van der Waals surface area contributed by atoms with E-state index in [0.29, 0.717) is 37.8 Å². The average Bonchev–Trinajstić information content (AvgIpc) is 3.51. The summed E-state index contributed by atoms with van der Waals surface area (Å²) in [4.78, 5) is 14.1. The van der Waals surface area contributed by atoms with Crippen LogP contribution in [0.4, 0.5) is 35.1 Å². The Balaban J connectivity index is 1.82. The second-order valence-corrected chi connectivity index (χ2v) is 12.3. The van der Waals surface area contributed by atoms with Crippen LogP contribution in [0.1, 0.15) is 43.2 Å². The normalized spacial score (nSPS) is 22.3. The molecule has 1 heterocycles. The van der Waals surface area contributed by atoms with Crippen molar-refractivity contribution in [1.29, 1.82) is 0 Å². The second-order valence-electron chi connectivity index (χ2n) is 10.0. The number of amides is 1. The van der Waals surface area contributed by atoms with Gasteiger partial charge in [-0.2, -0.15) is 26.3 Å². The molecule has 0 spiro atoms. The molecule has 1 aliphatic carbocycles. The lowest BCUT2D eigenvalue weighted by atomic mass is 9.90. The third-order valence-corrected chi connectivity index (χ3v) is 10.2. The summed E-state index contributed by atoms with van der Waals surface area (Å²) in [6.07, 6.45) is -10.9. The summed E-state index contributed by atoms with van der Waals surface area (Å²) in [5.41, 5.74) is -2.71. The predicted molar refractivity (Wildman–Crippen MR) is 123 cm³/mol. The maximum Gasteiger partial charge on any atom is 0.435 e. The molecule has 2 aliphatic rings. The van der Waals surface area contributed by atoms with Crippen molar-refractivity contribution in [1.82, 2.24) is 4.90 Å². The Morgan fingerprint density at radius 3 is 1.82 bits per heavy atom. The van der Waals surface area contributed by atoms with Crippen molar-refractivity contribution in [3.63, 3.8) is 0 Å². The molecule has 39 heavy (non-hydrogen) atoms. The number of nitrogens with two attached hydrogens (primary N) is 1. The Labute approximate surface area is 218 Å². The van der Waals surface area contributed by atoms with E-state index in [0.717, 1.165) is 24.3 Å². The first-order valence-electron chi connectivity index (χ1n) is 11.9. The molecule has 1 aliphatic heterocycles. The standard InChI is InChI=1S/C25H24F8N2O3S/c26-18-7-9-19(10-8-18)39(37,38)22(13-14-35(15-22)20(36)21(34)11-1-2-12-21)16-3-5-17(6-4-16)23(27,24(28,29)30)25(31,32)33/h3-10H,1-2,11-15,34H2/t22-/m0/s1. The minimum atomic E-state index is -6.35. The third kappa shape index (κ3) is 4.58. The van der Waals surface area contributed by atoms with Crippen LogP contribution in [-0.2, 0) is 25.0 Å². The number of halogens is 8. The number of nitrogens with zero attached hydrogens (tertiary/aromatic N) is 1. The summed E-state index contributed by atoms with van der Waals surface area (Å²) in [7, 11) is -4.52. The predicted octanol–water partition coefficient (Wildman–Crippen LogP) is 5.29. The van der Waals surface area contributed by atoms with Crippen LogP contribution in [0.3, 0.4) is 0 Å². The molecule has 2 fully saturated rings. The molecule has 214 valence electrons. The zero-order chi connectivity index (χ0) is 29.1. The third-order valence-electron chi connectivity index (χ3n) is 7.67. The van der Waals surface area contributed by atoms with Gasteiger partial charge in [-0.25, -0.2) is 17.2 Å². The topological polar surface area (TPSA) is 80.5 Å². The number of sulfone groups is 1. The second kappa shape index (κ2) is 9.43. The van der Waals surface area contributed by atoms with Gasteiger partial charge in [0.15, 0.2) is 9.84 Å². The number of rotatable bonds is 5. The number of carbonyl (C=O) groups excluding carboxylic acids is 1. The summed E-state index contributed by atoms with van der Waals surface area (Å²) in [6.45, 7) is -0.638. The molecule has 0 aromatic heterocycles. The van der Waals surface area contributed by atoms with Gasteiger partial charge in [-0.1, -0.05) is 37.1 Å². The van der Waals surface area contributed by atoms with E-state index in [-0.39, 0.29) is 35.6 Å². The van der Waals surface area contributed by atoms with Crippen LogP contribution in [0.5, 0.6) is 0 Å². The minimum absolute atomic E-state index is 0.127. The lowest BCUT2D eigenvalue weighted by molar-refractivity contribution is -0.348. The van der Waals surface area contributed by atoms with Crippen LogP contribution in [-0.4, -0.2) is 50.2 Å². The number of hydrogen-bond donors (Lipinski definition) is 1. The highest BCUT2D eigenvalue weighted by Crippen LogP contribution is 2.54. The van der Waals surface area contributed by atoms with Crippen molar-refractivity contribution in [3.8, 4) is 0 Å². The molecule has 14 heteroatoms. The van der Waals surface area contributed by atoms with Gasteiger partial charge >= 0.3 is 18.0 Å². The fourth-order valence-corrected chi connectivity index (χ4v) is 7.51. The van der Waals surface area contributed by atoms with Gasteiger partial charge < -0.3 is 10.6 Å². The Morgan fingerprint density at radius 2 is 1.33 bits per heavy atom. The van der Waals surface area contributed by atoms with Gasteiger partial charge in [0.25, 0.3) is 0 Å². The van der Waals surface area contributed by atoms with Crippen molar-refractivity contribution >= 4 is 15.7 Å². The Hall–Kier alpha value is -2.74. The molecule has 2 N–H and O–H groups in total. The molecule has 0 unspecified atom stereocenters. The molecule has 2 aromatic rings. The fourth-order valence-electron chi connectivity index (χ4n) is 5.43. The highest BCUT2D eigenvalue weighted by Gasteiger charge is 2.73. The summed E-state index contributed by atoms with van der Waals surface area (Å²) in [5.74, 6) is -1.27. The highest BCUT2D eigenvalue weighted by molar-refractivity contribution is 7.92. The van der Waals surface area contributed by atoms with Gasteiger partial charge in [-0.3, -0.25) is 4.79 Å². The summed E-state index contributed by atoms with van der Waals surface area (Å²) in [5, 5.41) is 0. The molecule has 4 rings (SSSR count). The number of likely N-dealkylation sites (tertiary alicyclic amines) is 1. The van der Waals surface area contributed by atoms with Gasteiger partial charge in [0.2, 0.25) is 5.91 Å². The maximum absolute atomic E-state index is 14.6. The van der Waals surface area contributed by atoms with E-state index in [2.05, 4.69) is 0 Å². The molecule has 0 radical (unpaired) electrons. The highest BCUT2D eigenvalue weighted by atomic mass is 32.2. The van der Waals surface area contributed by atoms with Gasteiger partial charge in [0, 0.05) is 18.7 Å². The Bertz CT molecular complexity index is 1320. The molecule has 5 nitrogen and oxygen atoms in total. The molecular weight excluding hydrogens is 560 g/mol. The van der Waals surface area contributed by atoms with Gasteiger partial charge in [0.05, 0.1) is 10.4 Å². The van der Waals surface area contributed by atoms with Gasteiger partial charge in [0.1, 0.15) is 10.6 Å². The molecule has 1 atom stereocenters. The summed E-state index contributed by atoms with van der Waals surface area (Å²) in [6, 6.07) is 5.53. The van der Waals surface area contributed by atoms with Crippen molar-refractivity contribution in [2.45, 2.75) is 65.3 Å². The smallest absolute Gasteiger partial charge is 0.339 e. The fraction of sp³-hybridized carbons (Fsp3) is 0.480. The number of carbonyl (C=O) groups is 1. The molecular formula is C25H24F8N2O3S. The van der Waals surface area contributed by atoms with Gasteiger partial charge in [-0.15, -0.1) is 0 Å². The average molecular weight is 585 g/mol. The molecule has 2 aromatic carbocycles. The van der Waals surface area contributed by atoms with Crippen molar-refractivity contribution in [2.75, 3.05) is 13.1 Å². The summed E-state index contributed by atoms with van der Waals surface area (Å²) >= 11 is 0. The van der Waals surface area contributed by atoms with E-state index in [1.165, 1.54) is 4.90 Å². The first kappa shape index (κ1) is 29.2. The van der Waals surface area contributed by atoms with Crippen molar-refractivity contribution in [3.05, 3.63) is 65.5 Å². The lowest BCUT2D eigenvalue weighted by Crippen LogP contribution is -2.54. The molecule has 1 saturated carbocycles. The SMILES string of the molecule is NC1(C(=O)N2CC[C@](c3ccc(C(F)(C(F)(F)F)C(F)(F)F)cc3)(S(=O)(=O)c3ccc(F)cc3)C2)CCCC1. The lowest BCUT2D eigenvalue weighted by Gasteiger charge is -2.33. The zero-order valence-electron chi connectivity index (χ0n) is 20.2. The molecule has 1 saturated heterocycles. The number of benzene rings is 2. The molecule has 0 bridgehead atoms. The van der Waals surface area contributed by atoms with Crippen LogP contribution in [0.15, 0.2) is 53.4 Å². The monoisotopic (exact) mass is 584 g/mol. The minimum Gasteiger partial charge on any atom is -0.339 e. The van der Waals surface area contributed by atoms with E-state index < -0.39 is 62.0 Å². The number of hydrogen-bond acceptors (Lipinski definition) is 4. The van der Waals surface area contributed by atoms with E-state index >= 15 is 0 Å². The van der Waals surface area contributed by atoms with Crippen molar-refractivity contribution < 1.29 is 48.3 Å². The number of alkyl halides is 7. The maximum atomic E-state index is 14.6. The van der Waals surface area contributed by atoms with Crippen LogP contribution in [0, 0.1) is 5.82 Å². The largest absolute Gasteiger partial charge is 0.435 e. The van der Waals surface area contributed by atoms with Crippen LogP contribution < -0.4 is 5.73 Å². The van der Waals surface area contributed by atoms with Crippen LogP contribution >= 0.6 is 0 Å². The van der Waals surface area contributed by atoms with E-state index in [9.17, 15) is 48.3 Å². The van der Waals surface area contributed by atoms with Gasteiger partial charge in [-0.05, 0) is 49.1 Å². The Morgan fingerprint density at radius 1 is 0.821 bits per heavy atom.